The molecule has 126 valence electrons. The molecule has 0 spiro atoms. The summed E-state index contributed by atoms with van der Waals surface area (Å²) in [5.74, 6) is -0.850. The molecule has 0 saturated carbocycles. The molecule has 0 heterocycles. The van der Waals surface area contributed by atoms with Crippen LogP contribution in [0.4, 0.5) is 10.1 Å². The normalized spacial score (nSPS) is 10.2. The van der Waals surface area contributed by atoms with E-state index in [2.05, 4.69) is 5.32 Å². The Hall–Kier alpha value is -2.60. The van der Waals surface area contributed by atoms with E-state index < -0.39 is 11.7 Å². The molecule has 0 fully saturated rings. The van der Waals surface area contributed by atoms with Gasteiger partial charge in [0.05, 0.1) is 5.02 Å². The first-order valence-corrected chi connectivity index (χ1v) is 7.44. The number of hydrogen-bond acceptors (Lipinski definition) is 3. The van der Waals surface area contributed by atoms with E-state index in [9.17, 15) is 14.0 Å². The van der Waals surface area contributed by atoms with Gasteiger partial charge in [-0.05, 0) is 30.3 Å². The maximum absolute atomic E-state index is 13.0. The average molecular weight is 351 g/mol. The second-order valence-electron chi connectivity index (χ2n) is 5.19. The van der Waals surface area contributed by atoms with E-state index in [-0.39, 0.29) is 23.3 Å². The molecule has 0 radical (unpaired) electrons. The van der Waals surface area contributed by atoms with Gasteiger partial charge in [0, 0.05) is 31.4 Å². The van der Waals surface area contributed by atoms with E-state index in [0.717, 1.165) is 6.07 Å². The fraction of sp³-hybridized carbons (Fsp3) is 0.176. The first kappa shape index (κ1) is 17.7. The summed E-state index contributed by atoms with van der Waals surface area (Å²) in [4.78, 5) is 25.3. The number of rotatable bonds is 5. The Morgan fingerprint density at radius 2 is 1.96 bits per heavy atom. The van der Waals surface area contributed by atoms with E-state index >= 15 is 0 Å². The predicted octanol–water partition coefficient (Wildman–Crippen LogP) is 3.20. The van der Waals surface area contributed by atoms with Crippen molar-refractivity contribution in [3.63, 3.8) is 0 Å². The van der Waals surface area contributed by atoms with Crippen LogP contribution < -0.4 is 10.1 Å². The standard InChI is InChI=1S/C17H16ClFN2O3/c1-21(2)17(23)11-4-3-5-12(8-11)20-16(22)10-24-13-6-7-15(19)14(18)9-13/h3-9H,10H2,1-2H3,(H,20,22). The highest BCUT2D eigenvalue weighted by Gasteiger charge is 2.10. The van der Waals surface area contributed by atoms with Gasteiger partial charge in [-0.1, -0.05) is 17.7 Å². The number of nitrogens with one attached hydrogen (secondary N) is 1. The summed E-state index contributed by atoms with van der Waals surface area (Å²) in [5.41, 5.74) is 0.942. The van der Waals surface area contributed by atoms with Gasteiger partial charge in [-0.25, -0.2) is 4.39 Å². The number of carbonyl (C=O) groups excluding carboxylic acids is 2. The smallest absolute Gasteiger partial charge is 0.262 e. The number of halogens is 2. The Balaban J connectivity index is 1.96. The van der Waals surface area contributed by atoms with E-state index in [0.29, 0.717) is 11.3 Å². The molecular formula is C17H16ClFN2O3. The Bertz CT molecular complexity index is 765. The lowest BCUT2D eigenvalue weighted by atomic mass is 10.2. The van der Waals surface area contributed by atoms with Crippen molar-refractivity contribution < 1.29 is 18.7 Å². The van der Waals surface area contributed by atoms with Gasteiger partial charge >= 0.3 is 0 Å². The summed E-state index contributed by atoms with van der Waals surface area (Å²) in [7, 11) is 3.30. The SMILES string of the molecule is CN(C)C(=O)c1cccc(NC(=O)COc2ccc(F)c(Cl)c2)c1. The highest BCUT2D eigenvalue weighted by molar-refractivity contribution is 6.30. The summed E-state index contributed by atoms with van der Waals surface area (Å²) < 4.78 is 18.3. The fourth-order valence-corrected chi connectivity index (χ4v) is 2.07. The van der Waals surface area contributed by atoms with Crippen LogP contribution in [0.2, 0.25) is 5.02 Å². The quantitative estimate of drug-likeness (QED) is 0.900. The molecule has 7 heteroatoms. The van der Waals surface area contributed by atoms with Crippen LogP contribution in [0, 0.1) is 5.82 Å². The molecule has 2 amide bonds. The molecule has 0 saturated heterocycles. The van der Waals surface area contributed by atoms with Crippen LogP contribution in [0.15, 0.2) is 42.5 Å². The molecule has 2 aromatic rings. The van der Waals surface area contributed by atoms with Gasteiger partial charge in [-0.2, -0.15) is 0 Å². The molecule has 0 bridgehead atoms. The Labute approximate surface area is 144 Å². The lowest BCUT2D eigenvalue weighted by molar-refractivity contribution is -0.118. The largest absolute Gasteiger partial charge is 0.484 e. The molecule has 24 heavy (non-hydrogen) atoms. The zero-order valence-corrected chi connectivity index (χ0v) is 13.9. The fourth-order valence-electron chi connectivity index (χ4n) is 1.90. The molecule has 2 aromatic carbocycles. The van der Waals surface area contributed by atoms with Crippen molar-refractivity contribution in [2.45, 2.75) is 0 Å². The van der Waals surface area contributed by atoms with Crippen molar-refractivity contribution in [2.24, 2.45) is 0 Å². The van der Waals surface area contributed by atoms with Gasteiger partial charge in [-0.15, -0.1) is 0 Å². The summed E-state index contributed by atoms with van der Waals surface area (Å²) in [6.45, 7) is -0.270. The van der Waals surface area contributed by atoms with Crippen molar-refractivity contribution in [2.75, 3.05) is 26.0 Å². The van der Waals surface area contributed by atoms with Crippen molar-refractivity contribution in [3.8, 4) is 5.75 Å². The number of nitrogens with zero attached hydrogens (tertiary/aromatic N) is 1. The third kappa shape index (κ3) is 4.70. The van der Waals surface area contributed by atoms with Crippen LogP contribution in [0.25, 0.3) is 0 Å². The lowest BCUT2D eigenvalue weighted by Crippen LogP contribution is -2.23. The van der Waals surface area contributed by atoms with Crippen molar-refractivity contribution in [1.82, 2.24) is 4.90 Å². The summed E-state index contributed by atoms with van der Waals surface area (Å²) in [6, 6.07) is 10.4. The highest BCUT2D eigenvalue weighted by atomic mass is 35.5. The topological polar surface area (TPSA) is 58.6 Å². The minimum Gasteiger partial charge on any atom is -0.484 e. The molecule has 1 N–H and O–H groups in total. The van der Waals surface area contributed by atoms with Gasteiger partial charge in [0.1, 0.15) is 11.6 Å². The summed E-state index contributed by atoms with van der Waals surface area (Å²) >= 11 is 5.64. The summed E-state index contributed by atoms with van der Waals surface area (Å²) in [5, 5.41) is 2.55. The third-order valence-electron chi connectivity index (χ3n) is 3.06. The van der Waals surface area contributed by atoms with Gasteiger partial charge in [-0.3, -0.25) is 9.59 Å². The van der Waals surface area contributed by atoms with Crippen molar-refractivity contribution in [1.29, 1.82) is 0 Å². The van der Waals surface area contributed by atoms with Gasteiger partial charge in [0.25, 0.3) is 11.8 Å². The third-order valence-corrected chi connectivity index (χ3v) is 3.35. The van der Waals surface area contributed by atoms with E-state index in [4.69, 9.17) is 16.3 Å². The molecule has 0 aromatic heterocycles. The zero-order valence-electron chi connectivity index (χ0n) is 13.2. The first-order chi connectivity index (χ1) is 11.4. The molecule has 0 atom stereocenters. The van der Waals surface area contributed by atoms with E-state index in [1.54, 1.807) is 38.4 Å². The molecule has 0 aliphatic carbocycles. The van der Waals surface area contributed by atoms with Gasteiger partial charge in [0.2, 0.25) is 0 Å². The number of benzene rings is 2. The van der Waals surface area contributed by atoms with E-state index in [1.165, 1.54) is 17.0 Å². The van der Waals surface area contributed by atoms with Crippen LogP contribution in [0.1, 0.15) is 10.4 Å². The number of hydrogen-bond donors (Lipinski definition) is 1. The van der Waals surface area contributed by atoms with Crippen molar-refractivity contribution >= 4 is 29.1 Å². The number of amides is 2. The average Bonchev–Trinajstić information content (AvgIpc) is 2.55. The minimum atomic E-state index is -0.559. The second kappa shape index (κ2) is 7.79. The molecule has 5 nitrogen and oxygen atoms in total. The Kier molecular flexibility index (Phi) is 5.76. The van der Waals surface area contributed by atoms with E-state index in [1.807, 2.05) is 0 Å². The second-order valence-corrected chi connectivity index (χ2v) is 5.60. The highest BCUT2D eigenvalue weighted by Crippen LogP contribution is 2.21. The number of ether oxygens (including phenoxy) is 1. The van der Waals surface area contributed by atoms with Crippen LogP contribution in [0.5, 0.6) is 5.75 Å². The van der Waals surface area contributed by atoms with Crippen molar-refractivity contribution in [3.05, 3.63) is 58.9 Å². The number of anilines is 1. The van der Waals surface area contributed by atoms with Crippen LogP contribution in [-0.4, -0.2) is 37.4 Å². The monoisotopic (exact) mass is 350 g/mol. The molecule has 0 aliphatic heterocycles. The first-order valence-electron chi connectivity index (χ1n) is 7.06. The maximum Gasteiger partial charge on any atom is 0.262 e. The van der Waals surface area contributed by atoms with Crippen LogP contribution in [-0.2, 0) is 4.79 Å². The molecule has 0 unspecified atom stereocenters. The lowest BCUT2D eigenvalue weighted by Gasteiger charge is -2.12. The van der Waals surface area contributed by atoms with Gasteiger partial charge in [0.15, 0.2) is 6.61 Å². The maximum atomic E-state index is 13.0. The molecule has 2 rings (SSSR count). The van der Waals surface area contributed by atoms with Crippen LogP contribution in [0.3, 0.4) is 0 Å². The predicted molar refractivity (Wildman–Crippen MR) is 90.0 cm³/mol. The summed E-state index contributed by atoms with van der Waals surface area (Å²) in [6.07, 6.45) is 0. The van der Waals surface area contributed by atoms with Gasteiger partial charge < -0.3 is 15.0 Å². The number of carbonyl (C=O) groups is 2. The minimum absolute atomic E-state index is 0.0807. The van der Waals surface area contributed by atoms with Crippen LogP contribution >= 0.6 is 11.6 Å². The Morgan fingerprint density at radius 3 is 2.62 bits per heavy atom. The molecule has 0 aliphatic rings. The Morgan fingerprint density at radius 1 is 1.21 bits per heavy atom. The zero-order chi connectivity index (χ0) is 17.7. The molecular weight excluding hydrogens is 335 g/mol.